The number of anilines is 2. The van der Waals surface area contributed by atoms with Gasteiger partial charge in [0.05, 0.1) is 24.0 Å². The van der Waals surface area contributed by atoms with Crippen LogP contribution in [0.15, 0.2) is 18.3 Å². The normalized spacial score (nSPS) is 24.1. The maximum absolute atomic E-state index is 11.1. The summed E-state index contributed by atoms with van der Waals surface area (Å²) >= 11 is 0. The SMILES string of the molecule is CC1CN(c2ccc(N)nc2)CC(C)N1C(=O)O. The summed E-state index contributed by atoms with van der Waals surface area (Å²) in [5.74, 6) is 0.490. The van der Waals surface area contributed by atoms with E-state index >= 15 is 0 Å². The van der Waals surface area contributed by atoms with Crippen LogP contribution < -0.4 is 10.6 Å². The summed E-state index contributed by atoms with van der Waals surface area (Å²) in [6.07, 6.45) is 0.871. The minimum absolute atomic E-state index is 0.0381. The molecule has 1 saturated heterocycles. The van der Waals surface area contributed by atoms with Gasteiger partial charge in [-0.3, -0.25) is 4.90 Å². The van der Waals surface area contributed by atoms with Crippen molar-refractivity contribution in [3.8, 4) is 0 Å². The van der Waals surface area contributed by atoms with Crippen molar-refractivity contribution in [2.24, 2.45) is 0 Å². The Bertz CT molecular complexity index is 422. The summed E-state index contributed by atoms with van der Waals surface area (Å²) in [5, 5.41) is 9.15. The number of carboxylic acid groups (broad SMARTS) is 1. The number of amides is 1. The lowest BCUT2D eigenvalue weighted by Gasteiger charge is -2.43. The van der Waals surface area contributed by atoms with Crippen molar-refractivity contribution in [1.82, 2.24) is 9.88 Å². The fourth-order valence-electron chi connectivity index (χ4n) is 2.50. The van der Waals surface area contributed by atoms with Gasteiger partial charge in [-0.25, -0.2) is 9.78 Å². The Labute approximate surface area is 106 Å². The lowest BCUT2D eigenvalue weighted by molar-refractivity contribution is 0.0982. The van der Waals surface area contributed by atoms with Crippen molar-refractivity contribution in [3.05, 3.63) is 18.3 Å². The third kappa shape index (κ3) is 2.32. The van der Waals surface area contributed by atoms with Crippen LogP contribution in [0.3, 0.4) is 0 Å². The molecule has 1 aliphatic rings. The van der Waals surface area contributed by atoms with E-state index in [-0.39, 0.29) is 12.1 Å². The van der Waals surface area contributed by atoms with E-state index in [1.807, 2.05) is 19.9 Å². The molecule has 0 bridgehead atoms. The molecule has 6 nitrogen and oxygen atoms in total. The Morgan fingerprint density at radius 2 is 2.00 bits per heavy atom. The fourth-order valence-corrected chi connectivity index (χ4v) is 2.50. The number of rotatable bonds is 1. The van der Waals surface area contributed by atoms with E-state index in [4.69, 9.17) is 10.8 Å². The molecule has 6 heteroatoms. The molecular formula is C12H18N4O2. The van der Waals surface area contributed by atoms with Crippen LogP contribution in [0.4, 0.5) is 16.3 Å². The molecule has 0 spiro atoms. The molecule has 0 radical (unpaired) electrons. The third-order valence-corrected chi connectivity index (χ3v) is 3.28. The molecule has 0 aromatic carbocycles. The van der Waals surface area contributed by atoms with Crippen LogP contribution in [-0.4, -0.2) is 46.3 Å². The van der Waals surface area contributed by atoms with Crippen LogP contribution in [0.1, 0.15) is 13.8 Å². The number of aromatic nitrogens is 1. The van der Waals surface area contributed by atoms with Crippen LogP contribution in [-0.2, 0) is 0 Å². The minimum Gasteiger partial charge on any atom is -0.465 e. The lowest BCUT2D eigenvalue weighted by Crippen LogP contribution is -2.58. The van der Waals surface area contributed by atoms with Crippen LogP contribution in [0.25, 0.3) is 0 Å². The molecule has 0 saturated carbocycles. The monoisotopic (exact) mass is 250 g/mol. The molecule has 2 atom stereocenters. The lowest BCUT2D eigenvalue weighted by atomic mass is 10.1. The molecule has 98 valence electrons. The van der Waals surface area contributed by atoms with Gasteiger partial charge in [-0.05, 0) is 26.0 Å². The molecule has 2 unspecified atom stereocenters. The quantitative estimate of drug-likeness (QED) is 0.783. The van der Waals surface area contributed by atoms with Gasteiger partial charge in [0.15, 0.2) is 0 Å². The van der Waals surface area contributed by atoms with E-state index in [0.29, 0.717) is 18.9 Å². The van der Waals surface area contributed by atoms with Gasteiger partial charge in [0, 0.05) is 13.1 Å². The zero-order chi connectivity index (χ0) is 13.3. The van der Waals surface area contributed by atoms with Crippen molar-refractivity contribution >= 4 is 17.6 Å². The number of nitrogen functional groups attached to an aromatic ring is 1. The predicted molar refractivity (Wildman–Crippen MR) is 69.7 cm³/mol. The number of carbonyl (C=O) groups is 1. The fraction of sp³-hybridized carbons (Fsp3) is 0.500. The van der Waals surface area contributed by atoms with E-state index < -0.39 is 6.09 Å². The van der Waals surface area contributed by atoms with Gasteiger partial charge in [-0.1, -0.05) is 0 Å². The van der Waals surface area contributed by atoms with Gasteiger partial charge in [0.25, 0.3) is 0 Å². The summed E-state index contributed by atoms with van der Waals surface area (Å²) in [5.41, 5.74) is 6.54. The number of nitrogens with two attached hydrogens (primary N) is 1. The van der Waals surface area contributed by atoms with Gasteiger partial charge < -0.3 is 15.7 Å². The second-order valence-corrected chi connectivity index (χ2v) is 4.73. The highest BCUT2D eigenvalue weighted by molar-refractivity contribution is 5.66. The summed E-state index contributed by atoms with van der Waals surface area (Å²) in [6, 6.07) is 3.60. The predicted octanol–water partition coefficient (Wildman–Crippen LogP) is 1.24. The summed E-state index contributed by atoms with van der Waals surface area (Å²) in [4.78, 5) is 18.8. The summed E-state index contributed by atoms with van der Waals surface area (Å²) in [6.45, 7) is 5.17. The van der Waals surface area contributed by atoms with Gasteiger partial charge >= 0.3 is 6.09 Å². The van der Waals surface area contributed by atoms with Crippen molar-refractivity contribution in [3.63, 3.8) is 0 Å². The first kappa shape index (κ1) is 12.5. The van der Waals surface area contributed by atoms with E-state index in [9.17, 15) is 4.79 Å². The van der Waals surface area contributed by atoms with Gasteiger partial charge in [0.2, 0.25) is 0 Å². The van der Waals surface area contributed by atoms with Crippen LogP contribution in [0.5, 0.6) is 0 Å². The van der Waals surface area contributed by atoms with Crippen LogP contribution in [0.2, 0.25) is 0 Å². The first-order chi connectivity index (χ1) is 8.49. The molecule has 2 heterocycles. The zero-order valence-corrected chi connectivity index (χ0v) is 10.6. The number of piperazine rings is 1. The maximum Gasteiger partial charge on any atom is 0.407 e. The molecule has 1 amide bonds. The van der Waals surface area contributed by atoms with Crippen LogP contribution >= 0.6 is 0 Å². The largest absolute Gasteiger partial charge is 0.465 e. The van der Waals surface area contributed by atoms with Crippen LogP contribution in [0, 0.1) is 0 Å². The average molecular weight is 250 g/mol. The first-order valence-electron chi connectivity index (χ1n) is 5.96. The summed E-state index contributed by atoms with van der Waals surface area (Å²) < 4.78 is 0. The second kappa shape index (κ2) is 4.72. The van der Waals surface area contributed by atoms with E-state index in [1.165, 1.54) is 4.90 Å². The molecular weight excluding hydrogens is 232 g/mol. The number of nitrogens with zero attached hydrogens (tertiary/aromatic N) is 3. The zero-order valence-electron chi connectivity index (χ0n) is 10.6. The second-order valence-electron chi connectivity index (χ2n) is 4.73. The Morgan fingerprint density at radius 1 is 1.39 bits per heavy atom. The summed E-state index contributed by atoms with van der Waals surface area (Å²) in [7, 11) is 0. The highest BCUT2D eigenvalue weighted by atomic mass is 16.4. The van der Waals surface area contributed by atoms with Crippen molar-refractivity contribution in [2.45, 2.75) is 25.9 Å². The smallest absolute Gasteiger partial charge is 0.407 e. The Kier molecular flexibility index (Phi) is 3.27. The van der Waals surface area contributed by atoms with E-state index in [0.717, 1.165) is 5.69 Å². The molecule has 3 N–H and O–H groups in total. The topological polar surface area (TPSA) is 82.7 Å². The standard InChI is InChI=1S/C12H18N4O2/c1-8-6-15(7-9(2)16(8)12(17)18)10-3-4-11(13)14-5-10/h3-5,8-9H,6-7H2,1-2H3,(H2,13,14)(H,17,18). The van der Waals surface area contributed by atoms with E-state index in [2.05, 4.69) is 9.88 Å². The Hall–Kier alpha value is -1.98. The molecule has 1 aromatic rings. The Morgan fingerprint density at radius 3 is 2.44 bits per heavy atom. The van der Waals surface area contributed by atoms with E-state index in [1.54, 1.807) is 12.3 Å². The molecule has 18 heavy (non-hydrogen) atoms. The van der Waals surface area contributed by atoms with Gasteiger partial charge in [-0.15, -0.1) is 0 Å². The molecule has 1 aromatic heterocycles. The van der Waals surface area contributed by atoms with Gasteiger partial charge in [-0.2, -0.15) is 0 Å². The number of hydrogen-bond donors (Lipinski definition) is 2. The number of hydrogen-bond acceptors (Lipinski definition) is 4. The third-order valence-electron chi connectivity index (χ3n) is 3.28. The molecule has 2 rings (SSSR count). The minimum atomic E-state index is -0.856. The average Bonchev–Trinajstić information content (AvgIpc) is 2.28. The first-order valence-corrected chi connectivity index (χ1v) is 5.96. The van der Waals surface area contributed by atoms with Crippen molar-refractivity contribution in [1.29, 1.82) is 0 Å². The Balaban J connectivity index is 2.15. The van der Waals surface area contributed by atoms with Gasteiger partial charge in [0.1, 0.15) is 5.82 Å². The van der Waals surface area contributed by atoms with Crippen molar-refractivity contribution in [2.75, 3.05) is 23.7 Å². The molecule has 1 aliphatic heterocycles. The molecule has 1 fully saturated rings. The highest BCUT2D eigenvalue weighted by Crippen LogP contribution is 2.22. The molecule has 0 aliphatic carbocycles. The maximum atomic E-state index is 11.1. The van der Waals surface area contributed by atoms with Crippen molar-refractivity contribution < 1.29 is 9.90 Å². The highest BCUT2D eigenvalue weighted by Gasteiger charge is 2.32. The number of pyridine rings is 1.